The summed E-state index contributed by atoms with van der Waals surface area (Å²) in [6.45, 7) is -0.425. The number of para-hydroxylation sites is 1. The first-order chi connectivity index (χ1) is 10.5. The molecule has 0 saturated carbocycles. The third-order valence-corrected chi connectivity index (χ3v) is 5.10. The molecule has 0 aliphatic heterocycles. The van der Waals surface area contributed by atoms with E-state index in [9.17, 15) is 13.2 Å². The highest BCUT2D eigenvalue weighted by Crippen LogP contribution is 2.16. The van der Waals surface area contributed by atoms with Gasteiger partial charge in [0.1, 0.15) is 16.0 Å². The molecule has 114 valence electrons. The second-order valence-electron chi connectivity index (χ2n) is 3.98. The fourth-order valence-electron chi connectivity index (χ4n) is 1.46. The molecule has 2 aromatic rings. The van der Waals surface area contributed by atoms with Gasteiger partial charge in [0.25, 0.3) is 15.9 Å². The van der Waals surface area contributed by atoms with Crippen LogP contribution in [0.5, 0.6) is 5.75 Å². The summed E-state index contributed by atoms with van der Waals surface area (Å²) in [4.78, 5) is 13.6. The molecule has 1 heterocycles. The Morgan fingerprint density at radius 2 is 2.05 bits per heavy atom. The Morgan fingerprint density at radius 1 is 1.27 bits per heavy atom. The quantitative estimate of drug-likeness (QED) is 0.765. The zero-order valence-electron chi connectivity index (χ0n) is 11.1. The van der Waals surface area contributed by atoms with E-state index in [4.69, 9.17) is 10.00 Å². The third-order valence-electron chi connectivity index (χ3n) is 2.45. The van der Waals surface area contributed by atoms with Crippen LogP contribution in [-0.4, -0.2) is 20.9 Å². The lowest BCUT2D eigenvalue weighted by Gasteiger charge is -2.09. The molecule has 1 aromatic heterocycles. The van der Waals surface area contributed by atoms with E-state index in [1.54, 1.807) is 35.7 Å². The molecule has 0 aliphatic carbocycles. The lowest BCUT2D eigenvalue weighted by Crippen LogP contribution is -2.43. The van der Waals surface area contributed by atoms with Crippen molar-refractivity contribution in [2.24, 2.45) is 0 Å². The van der Waals surface area contributed by atoms with Gasteiger partial charge in [-0.15, -0.1) is 16.2 Å². The summed E-state index contributed by atoms with van der Waals surface area (Å²) in [5.74, 6) is -0.436. The first-order valence-electron chi connectivity index (χ1n) is 5.99. The van der Waals surface area contributed by atoms with Gasteiger partial charge < -0.3 is 4.74 Å². The van der Waals surface area contributed by atoms with Gasteiger partial charge in [-0.25, -0.2) is 8.42 Å². The molecule has 0 radical (unpaired) electrons. The van der Waals surface area contributed by atoms with Crippen molar-refractivity contribution in [2.75, 3.05) is 6.61 Å². The van der Waals surface area contributed by atoms with E-state index in [1.807, 2.05) is 16.3 Å². The molecule has 1 amide bonds. The molecule has 7 nitrogen and oxygen atoms in total. The van der Waals surface area contributed by atoms with E-state index in [1.165, 1.54) is 6.07 Å². The van der Waals surface area contributed by atoms with E-state index >= 15 is 0 Å². The van der Waals surface area contributed by atoms with Crippen molar-refractivity contribution < 1.29 is 17.9 Å². The number of carbonyl (C=O) groups is 1. The van der Waals surface area contributed by atoms with E-state index in [2.05, 4.69) is 0 Å². The number of hydrazine groups is 1. The lowest BCUT2D eigenvalue weighted by molar-refractivity contribution is -0.123. The number of nitriles is 1. The molecule has 0 fully saturated rings. The minimum Gasteiger partial charge on any atom is -0.482 e. The van der Waals surface area contributed by atoms with Crippen molar-refractivity contribution in [3.63, 3.8) is 0 Å². The molecule has 0 unspecified atom stereocenters. The van der Waals surface area contributed by atoms with Crippen LogP contribution >= 0.6 is 11.3 Å². The van der Waals surface area contributed by atoms with Crippen LogP contribution in [-0.2, 0) is 14.8 Å². The van der Waals surface area contributed by atoms with Crippen LogP contribution in [0.1, 0.15) is 5.56 Å². The second-order valence-corrected chi connectivity index (χ2v) is 6.84. The molecule has 0 aliphatic rings. The first-order valence-corrected chi connectivity index (χ1v) is 8.35. The summed E-state index contributed by atoms with van der Waals surface area (Å²) in [7, 11) is -3.78. The topological polar surface area (TPSA) is 108 Å². The van der Waals surface area contributed by atoms with E-state index in [0.29, 0.717) is 0 Å². The van der Waals surface area contributed by atoms with Crippen molar-refractivity contribution in [2.45, 2.75) is 4.21 Å². The smallest absolute Gasteiger partial charge is 0.272 e. The molecule has 22 heavy (non-hydrogen) atoms. The minimum absolute atomic E-state index is 0.0866. The summed E-state index contributed by atoms with van der Waals surface area (Å²) in [5, 5.41) is 10.5. The Labute approximate surface area is 131 Å². The van der Waals surface area contributed by atoms with Crippen LogP contribution in [0.25, 0.3) is 0 Å². The summed E-state index contributed by atoms with van der Waals surface area (Å²) < 4.78 is 28.8. The van der Waals surface area contributed by atoms with Crippen LogP contribution in [0.2, 0.25) is 0 Å². The number of thiophene rings is 1. The molecule has 0 atom stereocenters. The zero-order valence-corrected chi connectivity index (χ0v) is 12.8. The highest BCUT2D eigenvalue weighted by Gasteiger charge is 2.16. The molecular formula is C13H11N3O4S2. The Kier molecular flexibility index (Phi) is 5.11. The number of nitrogens with one attached hydrogen (secondary N) is 2. The average Bonchev–Trinajstić information content (AvgIpc) is 3.06. The molecule has 2 rings (SSSR count). The van der Waals surface area contributed by atoms with E-state index in [-0.39, 0.29) is 15.5 Å². The van der Waals surface area contributed by atoms with E-state index in [0.717, 1.165) is 11.3 Å². The van der Waals surface area contributed by atoms with Crippen LogP contribution in [0.15, 0.2) is 46.0 Å². The number of amides is 1. The largest absolute Gasteiger partial charge is 0.482 e. The van der Waals surface area contributed by atoms with Gasteiger partial charge >= 0.3 is 0 Å². The predicted molar refractivity (Wildman–Crippen MR) is 79.4 cm³/mol. The zero-order chi connectivity index (χ0) is 16.0. The number of hydrogen-bond donors (Lipinski definition) is 2. The summed E-state index contributed by atoms with van der Waals surface area (Å²) in [6.07, 6.45) is 0. The van der Waals surface area contributed by atoms with Gasteiger partial charge in [-0.1, -0.05) is 18.2 Å². The minimum atomic E-state index is -3.78. The van der Waals surface area contributed by atoms with E-state index < -0.39 is 22.5 Å². The first kappa shape index (κ1) is 16.0. The van der Waals surface area contributed by atoms with Gasteiger partial charge in [0, 0.05) is 0 Å². The standard InChI is InChI=1S/C13H11N3O4S2/c14-8-10-4-1-2-5-11(10)20-9-12(17)15-16-22(18,19)13-6-3-7-21-13/h1-7,16H,9H2,(H,15,17). The Balaban J connectivity index is 1.88. The lowest BCUT2D eigenvalue weighted by atomic mass is 10.2. The summed E-state index contributed by atoms with van der Waals surface area (Å²) >= 11 is 1.03. The average molecular weight is 337 g/mol. The summed E-state index contributed by atoms with van der Waals surface area (Å²) in [5.41, 5.74) is 2.33. The maximum absolute atomic E-state index is 11.8. The van der Waals surface area contributed by atoms with Crippen molar-refractivity contribution in [3.8, 4) is 11.8 Å². The molecule has 0 saturated heterocycles. The van der Waals surface area contributed by atoms with Crippen molar-refractivity contribution in [1.29, 1.82) is 5.26 Å². The fourth-order valence-corrected chi connectivity index (χ4v) is 3.31. The Bertz CT molecular complexity index is 795. The highest BCUT2D eigenvalue weighted by molar-refractivity contribution is 7.91. The molecule has 1 aromatic carbocycles. The van der Waals surface area contributed by atoms with Gasteiger partial charge in [0.15, 0.2) is 6.61 Å². The van der Waals surface area contributed by atoms with Gasteiger partial charge in [0.2, 0.25) is 0 Å². The second kappa shape index (κ2) is 7.04. The Hall–Kier alpha value is -2.41. The van der Waals surface area contributed by atoms with Crippen molar-refractivity contribution in [3.05, 3.63) is 47.3 Å². The maximum Gasteiger partial charge on any atom is 0.272 e. The molecule has 0 spiro atoms. The molecule has 2 N–H and O–H groups in total. The molecule has 0 bridgehead atoms. The SMILES string of the molecule is N#Cc1ccccc1OCC(=O)NNS(=O)(=O)c1cccs1. The van der Waals surface area contributed by atoms with Crippen LogP contribution < -0.4 is 15.0 Å². The molecular weight excluding hydrogens is 326 g/mol. The third kappa shape index (κ3) is 4.05. The van der Waals surface area contributed by atoms with Crippen LogP contribution in [0.3, 0.4) is 0 Å². The van der Waals surface area contributed by atoms with Gasteiger partial charge in [-0.3, -0.25) is 10.2 Å². The number of sulfonamides is 1. The maximum atomic E-state index is 11.8. The van der Waals surface area contributed by atoms with Gasteiger partial charge in [-0.05, 0) is 23.6 Å². The van der Waals surface area contributed by atoms with Gasteiger partial charge in [-0.2, -0.15) is 5.26 Å². The fraction of sp³-hybridized carbons (Fsp3) is 0.0769. The Morgan fingerprint density at radius 3 is 2.73 bits per heavy atom. The number of hydrogen-bond acceptors (Lipinski definition) is 6. The summed E-state index contributed by atoms with van der Waals surface area (Å²) in [6, 6.07) is 11.3. The van der Waals surface area contributed by atoms with Crippen molar-refractivity contribution in [1.82, 2.24) is 10.3 Å². The normalized spacial score (nSPS) is 10.7. The number of rotatable bonds is 6. The predicted octanol–water partition coefficient (Wildman–Crippen LogP) is 1.01. The monoisotopic (exact) mass is 337 g/mol. The number of carbonyl (C=O) groups excluding carboxylic acids is 1. The van der Waals surface area contributed by atoms with Crippen LogP contribution in [0, 0.1) is 11.3 Å². The molecule has 9 heteroatoms. The van der Waals surface area contributed by atoms with Gasteiger partial charge in [0.05, 0.1) is 5.56 Å². The van der Waals surface area contributed by atoms with Crippen LogP contribution in [0.4, 0.5) is 0 Å². The highest BCUT2D eigenvalue weighted by atomic mass is 32.2. The number of ether oxygens (including phenoxy) is 1. The van der Waals surface area contributed by atoms with Crippen molar-refractivity contribution >= 4 is 27.3 Å². The number of benzene rings is 1. The number of nitrogens with zero attached hydrogens (tertiary/aromatic N) is 1.